The topological polar surface area (TPSA) is 82.8 Å². The molecule has 2 rings (SSSR count). The van der Waals surface area contributed by atoms with E-state index in [9.17, 15) is 8.42 Å². The van der Waals surface area contributed by atoms with E-state index >= 15 is 0 Å². The van der Waals surface area contributed by atoms with Crippen molar-refractivity contribution in [2.24, 2.45) is 0 Å². The van der Waals surface area contributed by atoms with Gasteiger partial charge in [0.1, 0.15) is 0 Å². The Morgan fingerprint density at radius 1 is 1.25 bits per heavy atom. The van der Waals surface area contributed by atoms with E-state index in [1.165, 1.54) is 12.3 Å². The third-order valence-electron chi connectivity index (χ3n) is 2.49. The van der Waals surface area contributed by atoms with Gasteiger partial charge in [-0.1, -0.05) is 29.8 Å². The van der Waals surface area contributed by atoms with Gasteiger partial charge in [0.15, 0.2) is 5.82 Å². The minimum atomic E-state index is -3.69. The maximum atomic E-state index is 12.1. The van der Waals surface area contributed by atoms with Gasteiger partial charge in [-0.15, -0.1) is 0 Å². The highest BCUT2D eigenvalue weighted by atomic mass is 35.5. The first kappa shape index (κ1) is 14.3. The molecule has 0 aliphatic heterocycles. The Morgan fingerprint density at radius 2 is 2.00 bits per heavy atom. The highest BCUT2D eigenvalue weighted by molar-refractivity contribution is 7.91. The second kappa shape index (κ2) is 5.90. The van der Waals surface area contributed by atoms with Crippen LogP contribution in [0.4, 0.5) is 5.82 Å². The number of nitriles is 1. The molecule has 0 aliphatic rings. The molecule has 1 aromatic heterocycles. The lowest BCUT2D eigenvalue weighted by Gasteiger charge is -2.09. The van der Waals surface area contributed by atoms with Gasteiger partial charge in [0, 0.05) is 6.20 Å². The SMILES string of the molecule is N#Cc1ccccc1CS(=O)(=O)Nc1ncccc1Cl. The number of hydrogen-bond acceptors (Lipinski definition) is 4. The van der Waals surface area contributed by atoms with Crippen LogP contribution in [-0.2, 0) is 15.8 Å². The summed E-state index contributed by atoms with van der Waals surface area (Å²) in [5, 5.41) is 9.16. The first-order valence-electron chi connectivity index (χ1n) is 5.61. The minimum absolute atomic E-state index is 0.0728. The molecule has 0 aliphatic carbocycles. The third-order valence-corrected chi connectivity index (χ3v) is 3.99. The quantitative estimate of drug-likeness (QED) is 0.941. The van der Waals surface area contributed by atoms with Crippen LogP contribution in [-0.4, -0.2) is 13.4 Å². The molecule has 0 fully saturated rings. The zero-order valence-corrected chi connectivity index (χ0v) is 11.8. The van der Waals surface area contributed by atoms with Crippen LogP contribution in [0.1, 0.15) is 11.1 Å². The van der Waals surface area contributed by atoms with Crippen molar-refractivity contribution < 1.29 is 8.42 Å². The molecule has 0 saturated heterocycles. The van der Waals surface area contributed by atoms with Gasteiger partial charge in [0.2, 0.25) is 10.0 Å². The molecular weight excluding hydrogens is 298 g/mol. The third kappa shape index (κ3) is 3.47. The van der Waals surface area contributed by atoms with Gasteiger partial charge in [-0.05, 0) is 23.8 Å². The lowest BCUT2D eigenvalue weighted by Crippen LogP contribution is -2.16. The molecule has 7 heteroatoms. The van der Waals surface area contributed by atoms with E-state index in [-0.39, 0.29) is 16.6 Å². The lowest BCUT2D eigenvalue weighted by atomic mass is 10.1. The van der Waals surface area contributed by atoms with E-state index in [0.717, 1.165) is 0 Å². The monoisotopic (exact) mass is 307 g/mol. The number of pyridine rings is 1. The summed E-state index contributed by atoms with van der Waals surface area (Å²) in [5.41, 5.74) is 0.750. The van der Waals surface area contributed by atoms with Crippen LogP contribution < -0.4 is 4.72 Å². The molecule has 1 N–H and O–H groups in total. The van der Waals surface area contributed by atoms with Crippen LogP contribution in [0.3, 0.4) is 0 Å². The van der Waals surface area contributed by atoms with Crippen LogP contribution in [0.15, 0.2) is 42.6 Å². The Morgan fingerprint density at radius 3 is 2.70 bits per heavy atom. The van der Waals surface area contributed by atoms with E-state index in [4.69, 9.17) is 16.9 Å². The Kier molecular flexibility index (Phi) is 4.23. The van der Waals surface area contributed by atoms with Gasteiger partial charge >= 0.3 is 0 Å². The van der Waals surface area contributed by atoms with Crippen LogP contribution in [0.25, 0.3) is 0 Å². The van der Waals surface area contributed by atoms with E-state index < -0.39 is 10.0 Å². The molecule has 0 atom stereocenters. The fraction of sp³-hybridized carbons (Fsp3) is 0.0769. The number of sulfonamides is 1. The molecule has 0 bridgehead atoms. The van der Waals surface area contributed by atoms with Crippen molar-refractivity contribution in [2.45, 2.75) is 5.75 Å². The fourth-order valence-corrected chi connectivity index (χ4v) is 3.02. The summed E-state index contributed by atoms with van der Waals surface area (Å²) in [6.45, 7) is 0. The average molecular weight is 308 g/mol. The van der Waals surface area contributed by atoms with Crippen LogP contribution in [0.5, 0.6) is 0 Å². The normalized spacial score (nSPS) is 10.8. The zero-order valence-electron chi connectivity index (χ0n) is 10.2. The molecule has 20 heavy (non-hydrogen) atoms. The second-order valence-corrected chi connectivity index (χ2v) is 6.09. The Hall–Kier alpha value is -2.10. The Balaban J connectivity index is 2.25. The Bertz CT molecular complexity index is 769. The predicted molar refractivity (Wildman–Crippen MR) is 76.7 cm³/mol. The molecule has 0 radical (unpaired) electrons. The van der Waals surface area contributed by atoms with Crippen LogP contribution >= 0.6 is 11.6 Å². The number of rotatable bonds is 4. The standard InChI is InChI=1S/C13H10ClN3O2S/c14-12-6-3-7-16-13(12)17-20(18,19)9-11-5-2-1-4-10(11)8-15/h1-7H,9H2,(H,16,17). The maximum Gasteiger partial charge on any atom is 0.238 e. The van der Waals surface area contributed by atoms with Crippen molar-refractivity contribution in [3.8, 4) is 6.07 Å². The van der Waals surface area contributed by atoms with Crippen molar-refractivity contribution in [2.75, 3.05) is 4.72 Å². The van der Waals surface area contributed by atoms with Crippen molar-refractivity contribution in [3.63, 3.8) is 0 Å². The number of hydrogen-bond donors (Lipinski definition) is 1. The van der Waals surface area contributed by atoms with Gasteiger partial charge in [-0.3, -0.25) is 4.72 Å². The van der Waals surface area contributed by atoms with Crippen LogP contribution in [0.2, 0.25) is 5.02 Å². The summed E-state index contributed by atoms with van der Waals surface area (Å²) in [5.74, 6) is -0.243. The highest BCUT2D eigenvalue weighted by Crippen LogP contribution is 2.20. The summed E-state index contributed by atoms with van der Waals surface area (Å²) in [4.78, 5) is 3.86. The smallest absolute Gasteiger partial charge is 0.238 e. The predicted octanol–water partition coefficient (Wildman–Crippen LogP) is 2.55. The molecule has 0 unspecified atom stereocenters. The molecule has 102 valence electrons. The first-order valence-corrected chi connectivity index (χ1v) is 7.64. The summed E-state index contributed by atoms with van der Waals surface area (Å²) in [7, 11) is -3.69. The molecule has 0 saturated carbocycles. The summed E-state index contributed by atoms with van der Waals surface area (Å²) < 4.78 is 26.4. The van der Waals surface area contributed by atoms with E-state index in [1.54, 1.807) is 30.3 Å². The largest absolute Gasteiger partial charge is 0.266 e. The van der Waals surface area contributed by atoms with E-state index in [1.807, 2.05) is 6.07 Å². The molecular formula is C13H10ClN3O2S. The van der Waals surface area contributed by atoms with Crippen LogP contribution in [0, 0.1) is 11.3 Å². The molecule has 2 aromatic rings. The number of nitrogens with one attached hydrogen (secondary N) is 1. The number of halogens is 1. The highest BCUT2D eigenvalue weighted by Gasteiger charge is 2.16. The van der Waals surface area contributed by atoms with Gasteiger partial charge in [-0.25, -0.2) is 13.4 Å². The van der Waals surface area contributed by atoms with Gasteiger partial charge in [0.05, 0.1) is 22.4 Å². The zero-order chi connectivity index (χ0) is 14.6. The van der Waals surface area contributed by atoms with Gasteiger partial charge in [0.25, 0.3) is 0 Å². The summed E-state index contributed by atoms with van der Waals surface area (Å²) in [6.07, 6.45) is 1.44. The average Bonchev–Trinajstić information content (AvgIpc) is 2.41. The number of anilines is 1. The molecule has 1 heterocycles. The molecule has 0 spiro atoms. The summed E-state index contributed by atoms with van der Waals surface area (Å²) >= 11 is 5.85. The van der Waals surface area contributed by atoms with Gasteiger partial charge < -0.3 is 0 Å². The molecule has 5 nitrogen and oxygen atoms in total. The van der Waals surface area contributed by atoms with Crippen molar-refractivity contribution in [3.05, 3.63) is 58.7 Å². The number of aromatic nitrogens is 1. The van der Waals surface area contributed by atoms with E-state index in [2.05, 4.69) is 9.71 Å². The number of benzene rings is 1. The van der Waals surface area contributed by atoms with Crippen molar-refractivity contribution in [1.82, 2.24) is 4.98 Å². The maximum absolute atomic E-state index is 12.1. The van der Waals surface area contributed by atoms with Gasteiger partial charge in [-0.2, -0.15) is 5.26 Å². The molecule has 0 amide bonds. The molecule has 1 aromatic carbocycles. The number of nitrogens with zero attached hydrogens (tertiary/aromatic N) is 2. The van der Waals surface area contributed by atoms with Crippen molar-refractivity contribution >= 4 is 27.4 Å². The first-order chi connectivity index (χ1) is 9.52. The minimum Gasteiger partial charge on any atom is -0.266 e. The van der Waals surface area contributed by atoms with E-state index in [0.29, 0.717) is 11.1 Å². The fourth-order valence-electron chi connectivity index (χ4n) is 1.60. The summed E-state index contributed by atoms with van der Waals surface area (Å²) in [6, 6.07) is 11.6. The van der Waals surface area contributed by atoms with Crippen molar-refractivity contribution in [1.29, 1.82) is 5.26 Å². The second-order valence-electron chi connectivity index (χ2n) is 3.96. The lowest BCUT2D eigenvalue weighted by molar-refractivity contribution is 0.600. The Labute approximate surface area is 121 Å².